The van der Waals surface area contributed by atoms with Crippen molar-refractivity contribution in [3.05, 3.63) is 47.7 Å². The fraction of sp³-hybridized carbons (Fsp3) is 0.462. The van der Waals surface area contributed by atoms with E-state index in [4.69, 9.17) is 31.2 Å². The van der Waals surface area contributed by atoms with Gasteiger partial charge in [-0.05, 0) is 56.0 Å². The maximum atomic E-state index is 13.4. The second kappa shape index (κ2) is 10.7. The molecular weight excluding hydrogens is 466 g/mol. The molecule has 2 aromatic heterocycles. The van der Waals surface area contributed by atoms with E-state index >= 15 is 0 Å². The lowest BCUT2D eigenvalue weighted by Gasteiger charge is -2.31. The first-order chi connectivity index (χ1) is 17.1. The van der Waals surface area contributed by atoms with E-state index in [-0.39, 0.29) is 18.1 Å². The van der Waals surface area contributed by atoms with E-state index in [1.807, 2.05) is 39.9 Å². The summed E-state index contributed by atoms with van der Waals surface area (Å²) in [6, 6.07) is 9.62. The second-order valence-electron chi connectivity index (χ2n) is 9.04. The van der Waals surface area contributed by atoms with Crippen LogP contribution in [0.5, 0.6) is 5.75 Å². The minimum absolute atomic E-state index is 0.109. The molecular formula is C26H30ClN5O3. The molecule has 184 valence electrons. The van der Waals surface area contributed by atoms with Gasteiger partial charge in [0.2, 0.25) is 0 Å². The fourth-order valence-electron chi connectivity index (χ4n) is 4.99. The average Bonchev–Trinajstić information content (AvgIpc) is 3.67. The lowest BCUT2D eigenvalue weighted by molar-refractivity contribution is -0.143. The van der Waals surface area contributed by atoms with Crippen molar-refractivity contribution in [2.45, 2.75) is 57.2 Å². The van der Waals surface area contributed by atoms with E-state index < -0.39 is 0 Å². The maximum Gasteiger partial charge on any atom is 0.252 e. The minimum Gasteiger partial charge on any atom is -0.495 e. The Morgan fingerprint density at radius 1 is 1.14 bits per heavy atom. The Balaban J connectivity index is 1.45. The van der Waals surface area contributed by atoms with E-state index in [9.17, 15) is 4.79 Å². The number of carbonyl (C=O) groups excluding carboxylic acids is 1. The molecule has 1 aliphatic heterocycles. The molecule has 1 amide bonds. The second-order valence-corrected chi connectivity index (χ2v) is 9.45. The Bertz CT molecular complexity index is 1160. The lowest BCUT2D eigenvalue weighted by atomic mass is 10.1. The molecule has 1 saturated carbocycles. The Morgan fingerprint density at radius 3 is 2.63 bits per heavy atom. The Hall–Kier alpha value is -2.97. The number of benzene rings is 1. The molecule has 9 heteroatoms. The number of rotatable bonds is 8. The largest absolute Gasteiger partial charge is 0.495 e. The van der Waals surface area contributed by atoms with Crippen LogP contribution in [0.4, 0.5) is 0 Å². The third-order valence-electron chi connectivity index (χ3n) is 6.83. The van der Waals surface area contributed by atoms with Gasteiger partial charge in [0.25, 0.3) is 5.91 Å². The van der Waals surface area contributed by atoms with Gasteiger partial charge in [-0.1, -0.05) is 24.4 Å². The number of carbonyl (C=O) groups is 1. The molecule has 3 aromatic rings. The van der Waals surface area contributed by atoms with Crippen LogP contribution in [0.15, 0.2) is 42.7 Å². The van der Waals surface area contributed by atoms with E-state index in [1.165, 1.54) is 0 Å². The van der Waals surface area contributed by atoms with Crippen molar-refractivity contribution < 1.29 is 14.3 Å². The van der Waals surface area contributed by atoms with Crippen LogP contribution in [0.1, 0.15) is 38.5 Å². The van der Waals surface area contributed by atoms with Crippen LogP contribution >= 0.6 is 11.6 Å². The summed E-state index contributed by atoms with van der Waals surface area (Å²) in [5, 5.41) is 5.32. The molecule has 0 spiro atoms. The summed E-state index contributed by atoms with van der Waals surface area (Å²) in [6.45, 7) is 1.74. The summed E-state index contributed by atoms with van der Waals surface area (Å²) < 4.78 is 12.9. The molecule has 0 N–H and O–H groups in total. The first kappa shape index (κ1) is 23.8. The van der Waals surface area contributed by atoms with Gasteiger partial charge in [0.15, 0.2) is 11.6 Å². The van der Waals surface area contributed by atoms with Crippen molar-refractivity contribution in [2.24, 2.45) is 0 Å². The van der Waals surface area contributed by atoms with Crippen molar-refractivity contribution in [2.75, 3.05) is 20.3 Å². The summed E-state index contributed by atoms with van der Waals surface area (Å²) in [5.74, 6) is 2.01. The molecule has 8 nitrogen and oxygen atoms in total. The Morgan fingerprint density at radius 2 is 1.94 bits per heavy atom. The number of amides is 1. The molecule has 1 atom stereocenters. The molecule has 2 aliphatic rings. The molecule has 2 fully saturated rings. The Kier molecular flexibility index (Phi) is 7.29. The number of hydrogen-bond acceptors (Lipinski definition) is 6. The molecule has 0 bridgehead atoms. The van der Waals surface area contributed by atoms with Crippen molar-refractivity contribution in [1.82, 2.24) is 24.6 Å². The third-order valence-corrected chi connectivity index (χ3v) is 7.12. The molecule has 5 rings (SSSR count). The highest BCUT2D eigenvalue weighted by molar-refractivity contribution is 6.32. The first-order valence-corrected chi connectivity index (χ1v) is 12.6. The standard InChI is InChI=1S/C26H30ClN5O3/c1-34-22-9-8-19(17-21(22)27)25-29-24(18-10-12-28-13-11-18)30-32(25)15-14-31(20-5-2-3-6-20)26(33)23-7-4-16-35-23/h8-13,17,20,23H,2-7,14-16H2,1H3. The molecule has 0 radical (unpaired) electrons. The van der Waals surface area contributed by atoms with Crippen LogP contribution in [-0.2, 0) is 16.1 Å². The Labute approximate surface area is 210 Å². The first-order valence-electron chi connectivity index (χ1n) is 12.3. The van der Waals surface area contributed by atoms with Crippen LogP contribution in [0, 0.1) is 0 Å². The lowest BCUT2D eigenvalue weighted by Crippen LogP contribution is -2.46. The van der Waals surface area contributed by atoms with Gasteiger partial charge in [0, 0.05) is 42.7 Å². The summed E-state index contributed by atoms with van der Waals surface area (Å²) in [6.07, 6.45) is 9.26. The molecule has 1 aromatic carbocycles. The van der Waals surface area contributed by atoms with Crippen LogP contribution in [-0.4, -0.2) is 63.0 Å². The number of methoxy groups -OCH3 is 1. The summed E-state index contributed by atoms with van der Waals surface area (Å²) in [4.78, 5) is 24.3. The van der Waals surface area contributed by atoms with Crippen molar-refractivity contribution in [3.63, 3.8) is 0 Å². The van der Waals surface area contributed by atoms with E-state index in [0.29, 0.717) is 42.1 Å². The zero-order valence-electron chi connectivity index (χ0n) is 19.9. The number of hydrogen-bond donors (Lipinski definition) is 0. The quantitative estimate of drug-likeness (QED) is 0.453. The van der Waals surface area contributed by atoms with Crippen molar-refractivity contribution >= 4 is 17.5 Å². The number of ether oxygens (including phenoxy) is 2. The summed E-state index contributed by atoms with van der Waals surface area (Å²) in [7, 11) is 1.59. The zero-order valence-corrected chi connectivity index (χ0v) is 20.7. The van der Waals surface area contributed by atoms with Crippen LogP contribution in [0.3, 0.4) is 0 Å². The van der Waals surface area contributed by atoms with E-state index in [0.717, 1.165) is 49.7 Å². The van der Waals surface area contributed by atoms with Crippen molar-refractivity contribution in [1.29, 1.82) is 0 Å². The smallest absolute Gasteiger partial charge is 0.252 e. The van der Waals surface area contributed by atoms with Crippen LogP contribution in [0.25, 0.3) is 22.8 Å². The maximum absolute atomic E-state index is 13.4. The van der Waals surface area contributed by atoms with Crippen molar-refractivity contribution in [3.8, 4) is 28.5 Å². The molecule has 35 heavy (non-hydrogen) atoms. The highest BCUT2D eigenvalue weighted by Crippen LogP contribution is 2.31. The van der Waals surface area contributed by atoms with Gasteiger partial charge < -0.3 is 14.4 Å². The molecule has 3 heterocycles. The van der Waals surface area contributed by atoms with E-state index in [2.05, 4.69) is 4.98 Å². The van der Waals surface area contributed by atoms with Gasteiger partial charge in [0.05, 0.1) is 18.7 Å². The number of pyridine rings is 1. The van der Waals surface area contributed by atoms with Gasteiger partial charge in [-0.3, -0.25) is 9.78 Å². The highest BCUT2D eigenvalue weighted by atomic mass is 35.5. The summed E-state index contributed by atoms with van der Waals surface area (Å²) in [5.41, 5.74) is 1.71. The highest BCUT2D eigenvalue weighted by Gasteiger charge is 2.33. The van der Waals surface area contributed by atoms with E-state index in [1.54, 1.807) is 19.5 Å². The minimum atomic E-state index is -0.321. The SMILES string of the molecule is COc1ccc(-c2nc(-c3ccncc3)nn2CCN(C(=O)C2CCCO2)C2CCCC2)cc1Cl. The monoisotopic (exact) mass is 495 g/mol. The topological polar surface area (TPSA) is 82.4 Å². The zero-order chi connectivity index (χ0) is 24.2. The van der Waals surface area contributed by atoms with Crippen LogP contribution in [0.2, 0.25) is 5.02 Å². The average molecular weight is 496 g/mol. The molecule has 1 aliphatic carbocycles. The van der Waals surface area contributed by atoms with Gasteiger partial charge in [-0.2, -0.15) is 5.10 Å². The van der Waals surface area contributed by atoms with Gasteiger partial charge in [-0.15, -0.1) is 0 Å². The van der Waals surface area contributed by atoms with Gasteiger partial charge in [-0.25, -0.2) is 9.67 Å². The number of nitrogens with zero attached hydrogens (tertiary/aromatic N) is 5. The fourth-order valence-corrected chi connectivity index (χ4v) is 5.25. The molecule has 1 unspecified atom stereocenters. The third kappa shape index (κ3) is 5.18. The molecule has 1 saturated heterocycles. The number of aromatic nitrogens is 4. The number of halogens is 1. The normalized spacial score (nSPS) is 18.2. The predicted molar refractivity (Wildman–Crippen MR) is 133 cm³/mol. The predicted octanol–water partition coefficient (Wildman–Crippen LogP) is 4.62. The summed E-state index contributed by atoms with van der Waals surface area (Å²) >= 11 is 6.43. The van der Waals surface area contributed by atoms with Gasteiger partial charge in [0.1, 0.15) is 11.9 Å². The van der Waals surface area contributed by atoms with Crippen LogP contribution < -0.4 is 4.74 Å². The van der Waals surface area contributed by atoms with Gasteiger partial charge >= 0.3 is 0 Å².